The maximum absolute atomic E-state index is 12.5. The minimum Gasteiger partial charge on any atom is -0.406 e. The number of rotatable bonds is 5. The molecule has 0 bridgehead atoms. The van der Waals surface area contributed by atoms with E-state index >= 15 is 0 Å². The maximum atomic E-state index is 12.5. The lowest BCUT2D eigenvalue weighted by atomic mass is 9.78. The molecule has 0 aliphatic carbocycles. The second-order valence-corrected chi connectivity index (χ2v) is 7.28. The van der Waals surface area contributed by atoms with Crippen molar-refractivity contribution >= 4 is 32.1 Å². The highest BCUT2D eigenvalue weighted by Gasteiger charge is 2.52. The highest BCUT2D eigenvalue weighted by Crippen LogP contribution is 2.39. The van der Waals surface area contributed by atoms with Crippen LogP contribution in [0.2, 0.25) is 0 Å². The van der Waals surface area contributed by atoms with Crippen LogP contribution in [0.25, 0.3) is 6.08 Å². The summed E-state index contributed by atoms with van der Waals surface area (Å²) < 4.78 is 53.2. The van der Waals surface area contributed by atoms with Gasteiger partial charge in [-0.15, -0.1) is 13.2 Å². The molecule has 1 heterocycles. The standard InChI is InChI=1S/C17H20BF3O4S/c1-15(2)16(3,4)25-18(24-15)13(10-26)6-11-5-12(9-22)8-14(7-11)23-17(19,20)21/h5-9,26H,10H2,1-4H3. The number of ether oxygens (including phenoxy) is 1. The molecule has 0 N–H and O–H groups in total. The van der Waals surface area contributed by atoms with Crippen LogP contribution in [0.1, 0.15) is 43.6 Å². The average Bonchev–Trinajstić information content (AvgIpc) is 2.70. The van der Waals surface area contributed by atoms with Gasteiger partial charge in [-0.05, 0) is 56.9 Å². The van der Waals surface area contributed by atoms with E-state index in [0.717, 1.165) is 6.07 Å². The molecule has 0 unspecified atom stereocenters. The van der Waals surface area contributed by atoms with Crippen molar-refractivity contribution in [2.45, 2.75) is 45.3 Å². The van der Waals surface area contributed by atoms with Crippen LogP contribution in [0, 0.1) is 0 Å². The van der Waals surface area contributed by atoms with Gasteiger partial charge >= 0.3 is 13.5 Å². The average molecular weight is 388 g/mol. The van der Waals surface area contributed by atoms with Crippen molar-refractivity contribution in [3.63, 3.8) is 0 Å². The first-order valence-corrected chi connectivity index (χ1v) is 8.53. The summed E-state index contributed by atoms with van der Waals surface area (Å²) in [4.78, 5) is 11.0. The van der Waals surface area contributed by atoms with E-state index in [2.05, 4.69) is 17.4 Å². The Morgan fingerprint density at radius 1 is 1.15 bits per heavy atom. The van der Waals surface area contributed by atoms with Gasteiger partial charge in [0.05, 0.1) is 11.2 Å². The second-order valence-electron chi connectivity index (χ2n) is 6.97. The monoisotopic (exact) mass is 388 g/mol. The topological polar surface area (TPSA) is 44.8 Å². The second kappa shape index (κ2) is 7.29. The molecule has 9 heteroatoms. The van der Waals surface area contributed by atoms with Crippen LogP contribution in [0.5, 0.6) is 5.75 Å². The van der Waals surface area contributed by atoms with Crippen LogP contribution >= 0.6 is 12.6 Å². The van der Waals surface area contributed by atoms with Crippen LogP contribution in [-0.2, 0) is 9.31 Å². The Morgan fingerprint density at radius 2 is 1.69 bits per heavy atom. The number of thiol groups is 1. The Bertz CT molecular complexity index is 700. The van der Waals surface area contributed by atoms with Crippen molar-refractivity contribution in [3.8, 4) is 5.75 Å². The molecular formula is C17H20BF3O4S. The first kappa shape index (κ1) is 20.9. The molecule has 0 aromatic heterocycles. The van der Waals surface area contributed by atoms with Crippen LogP contribution in [-0.4, -0.2) is 36.7 Å². The molecule has 1 fully saturated rings. The lowest BCUT2D eigenvalue weighted by Crippen LogP contribution is -2.41. The molecule has 0 saturated carbocycles. The van der Waals surface area contributed by atoms with Crippen molar-refractivity contribution < 1.29 is 32.0 Å². The van der Waals surface area contributed by atoms with Gasteiger partial charge in [-0.1, -0.05) is 6.08 Å². The Kier molecular flexibility index (Phi) is 5.85. The van der Waals surface area contributed by atoms with Gasteiger partial charge in [0, 0.05) is 11.3 Å². The molecule has 0 amide bonds. The molecule has 0 spiro atoms. The third-order valence-corrected chi connectivity index (χ3v) is 4.78. The third kappa shape index (κ3) is 4.84. The Labute approximate surface area is 156 Å². The van der Waals surface area contributed by atoms with E-state index in [0.29, 0.717) is 17.3 Å². The SMILES string of the molecule is CC1(C)OB(C(=Cc2cc(C=O)cc(OC(F)(F)F)c2)CS)OC1(C)C. The predicted octanol–water partition coefficient (Wildman–Crippen LogP) is 4.34. The lowest BCUT2D eigenvalue weighted by molar-refractivity contribution is -0.274. The van der Waals surface area contributed by atoms with Crippen molar-refractivity contribution in [1.82, 2.24) is 0 Å². The molecule has 4 nitrogen and oxygen atoms in total. The van der Waals surface area contributed by atoms with Crippen LogP contribution < -0.4 is 4.74 Å². The highest BCUT2D eigenvalue weighted by atomic mass is 32.1. The fraction of sp³-hybridized carbons (Fsp3) is 0.471. The van der Waals surface area contributed by atoms with E-state index in [9.17, 15) is 18.0 Å². The number of carbonyl (C=O) groups is 1. The first-order valence-electron chi connectivity index (χ1n) is 7.90. The molecule has 0 radical (unpaired) electrons. The van der Waals surface area contributed by atoms with Gasteiger partial charge in [0.1, 0.15) is 12.0 Å². The summed E-state index contributed by atoms with van der Waals surface area (Å²) in [6, 6.07) is 3.66. The normalized spacial score (nSPS) is 19.5. The Balaban J connectivity index is 2.37. The van der Waals surface area contributed by atoms with Crippen LogP contribution in [0.4, 0.5) is 13.2 Å². The van der Waals surface area contributed by atoms with E-state index in [-0.39, 0.29) is 11.3 Å². The van der Waals surface area contributed by atoms with Gasteiger partial charge < -0.3 is 14.0 Å². The van der Waals surface area contributed by atoms with E-state index in [1.54, 1.807) is 6.08 Å². The van der Waals surface area contributed by atoms with E-state index < -0.39 is 30.4 Å². The van der Waals surface area contributed by atoms with Crippen molar-refractivity contribution in [3.05, 3.63) is 34.8 Å². The number of alkyl halides is 3. The summed E-state index contributed by atoms with van der Waals surface area (Å²) in [6.07, 6.45) is -2.80. The summed E-state index contributed by atoms with van der Waals surface area (Å²) in [5, 5.41) is 0. The van der Waals surface area contributed by atoms with Crippen LogP contribution in [0.3, 0.4) is 0 Å². The van der Waals surface area contributed by atoms with Gasteiger partial charge in [-0.3, -0.25) is 4.79 Å². The number of hydrogen-bond acceptors (Lipinski definition) is 5. The Morgan fingerprint density at radius 3 is 2.15 bits per heavy atom. The molecule has 1 saturated heterocycles. The fourth-order valence-electron chi connectivity index (χ4n) is 2.39. The number of aldehydes is 1. The predicted molar refractivity (Wildman–Crippen MR) is 96.4 cm³/mol. The van der Waals surface area contributed by atoms with Gasteiger partial charge in [0.2, 0.25) is 0 Å². The summed E-state index contributed by atoms with van der Waals surface area (Å²) in [7, 11) is -0.690. The molecule has 1 aliphatic heterocycles. The molecule has 1 aliphatic rings. The van der Waals surface area contributed by atoms with E-state index in [4.69, 9.17) is 9.31 Å². The zero-order valence-electron chi connectivity index (χ0n) is 14.9. The fourth-order valence-corrected chi connectivity index (χ4v) is 2.63. The minimum absolute atomic E-state index is 0.0606. The smallest absolute Gasteiger partial charge is 0.406 e. The number of carbonyl (C=O) groups excluding carboxylic acids is 1. The quantitative estimate of drug-likeness (QED) is 0.463. The van der Waals surface area contributed by atoms with E-state index in [1.807, 2.05) is 27.7 Å². The number of halogens is 3. The van der Waals surface area contributed by atoms with Gasteiger partial charge in [-0.25, -0.2) is 0 Å². The van der Waals surface area contributed by atoms with Crippen molar-refractivity contribution in [2.75, 3.05) is 5.75 Å². The van der Waals surface area contributed by atoms with Gasteiger partial charge in [0.25, 0.3) is 0 Å². The third-order valence-electron chi connectivity index (χ3n) is 4.41. The molecule has 0 atom stereocenters. The molecule has 142 valence electrons. The lowest BCUT2D eigenvalue weighted by Gasteiger charge is -2.32. The summed E-state index contributed by atoms with van der Waals surface area (Å²) >= 11 is 4.27. The zero-order chi connectivity index (χ0) is 19.8. The minimum atomic E-state index is -4.85. The largest absolute Gasteiger partial charge is 0.573 e. The Hall–Kier alpha value is -1.45. The van der Waals surface area contributed by atoms with Crippen molar-refractivity contribution in [1.29, 1.82) is 0 Å². The summed E-state index contributed by atoms with van der Waals surface area (Å²) in [5.74, 6) is -0.210. The molecule has 1 aromatic carbocycles. The summed E-state index contributed by atoms with van der Waals surface area (Å²) in [6.45, 7) is 7.58. The molecule has 2 rings (SSSR count). The highest BCUT2D eigenvalue weighted by molar-refractivity contribution is 7.80. The molecule has 1 aromatic rings. The van der Waals surface area contributed by atoms with Gasteiger partial charge in [0.15, 0.2) is 0 Å². The number of hydrogen-bond donors (Lipinski definition) is 1. The number of benzene rings is 1. The zero-order valence-corrected chi connectivity index (χ0v) is 15.8. The molecule has 26 heavy (non-hydrogen) atoms. The van der Waals surface area contributed by atoms with Crippen LogP contribution in [0.15, 0.2) is 23.7 Å². The first-order chi connectivity index (χ1) is 11.9. The van der Waals surface area contributed by atoms with Crippen molar-refractivity contribution in [2.24, 2.45) is 0 Å². The molecular weight excluding hydrogens is 368 g/mol. The summed E-state index contributed by atoms with van der Waals surface area (Å²) in [5.41, 5.74) is -0.0879. The van der Waals surface area contributed by atoms with E-state index in [1.165, 1.54) is 12.1 Å². The maximum Gasteiger partial charge on any atom is 0.573 e. The van der Waals surface area contributed by atoms with Gasteiger partial charge in [-0.2, -0.15) is 12.6 Å².